The summed E-state index contributed by atoms with van der Waals surface area (Å²) in [5.41, 5.74) is 2.52. The lowest BCUT2D eigenvalue weighted by Gasteiger charge is -2.16. The van der Waals surface area contributed by atoms with Crippen molar-refractivity contribution in [2.75, 3.05) is 12.4 Å². The summed E-state index contributed by atoms with van der Waals surface area (Å²) in [4.78, 5) is 0. The number of rotatable bonds is 5. The summed E-state index contributed by atoms with van der Waals surface area (Å²) in [7, 11) is 1.67. The molecule has 1 nitrogen and oxygen atoms in total. The Balaban J connectivity index is 2.20. The van der Waals surface area contributed by atoms with Gasteiger partial charge in [0.1, 0.15) is 5.75 Å². The Morgan fingerprint density at radius 2 is 2.00 bits per heavy atom. The SMILES string of the molecule is COc1ccc(CC(CBr)c2cccc(Cl)c2)cc1Br. The smallest absolute Gasteiger partial charge is 0.133 e. The van der Waals surface area contributed by atoms with Crippen LogP contribution in [-0.2, 0) is 6.42 Å². The summed E-state index contributed by atoms with van der Waals surface area (Å²) >= 11 is 13.2. The van der Waals surface area contributed by atoms with Gasteiger partial charge in [0.05, 0.1) is 11.6 Å². The maximum absolute atomic E-state index is 6.07. The molecule has 2 aromatic carbocycles. The minimum Gasteiger partial charge on any atom is -0.496 e. The van der Waals surface area contributed by atoms with E-state index in [2.05, 4.69) is 50.1 Å². The molecule has 20 heavy (non-hydrogen) atoms. The molecule has 0 saturated carbocycles. The number of hydrogen-bond donors (Lipinski definition) is 0. The second-order valence-electron chi connectivity index (χ2n) is 4.58. The first-order valence-electron chi connectivity index (χ1n) is 6.28. The first-order chi connectivity index (χ1) is 9.63. The molecule has 0 aliphatic rings. The van der Waals surface area contributed by atoms with Crippen LogP contribution in [0.1, 0.15) is 17.0 Å². The van der Waals surface area contributed by atoms with Gasteiger partial charge < -0.3 is 4.74 Å². The summed E-state index contributed by atoms with van der Waals surface area (Å²) in [6, 6.07) is 14.3. The van der Waals surface area contributed by atoms with Crippen LogP contribution in [0.15, 0.2) is 46.9 Å². The van der Waals surface area contributed by atoms with E-state index in [1.165, 1.54) is 11.1 Å². The standard InChI is InChI=1S/C16H15Br2ClO/c1-20-16-6-5-11(8-15(16)18)7-13(10-17)12-3-2-4-14(19)9-12/h2-6,8-9,13H,7,10H2,1H3. The summed E-state index contributed by atoms with van der Waals surface area (Å²) in [6.07, 6.45) is 0.953. The van der Waals surface area contributed by atoms with Gasteiger partial charge in [-0.25, -0.2) is 0 Å². The number of hydrogen-bond acceptors (Lipinski definition) is 1. The Hall–Kier alpha value is -0.510. The van der Waals surface area contributed by atoms with E-state index in [0.717, 1.165) is 27.0 Å². The molecular weight excluding hydrogens is 403 g/mol. The number of benzene rings is 2. The van der Waals surface area contributed by atoms with Crippen LogP contribution >= 0.6 is 43.5 Å². The number of methoxy groups -OCH3 is 1. The van der Waals surface area contributed by atoms with Crippen molar-refractivity contribution in [3.8, 4) is 5.75 Å². The summed E-state index contributed by atoms with van der Waals surface area (Å²) in [5, 5.41) is 1.68. The molecule has 1 atom stereocenters. The van der Waals surface area contributed by atoms with Gasteiger partial charge in [0.25, 0.3) is 0 Å². The van der Waals surface area contributed by atoms with Gasteiger partial charge in [-0.3, -0.25) is 0 Å². The molecule has 106 valence electrons. The van der Waals surface area contributed by atoms with Crippen molar-refractivity contribution >= 4 is 43.5 Å². The fourth-order valence-corrected chi connectivity index (χ4v) is 3.53. The van der Waals surface area contributed by atoms with Gasteiger partial charge in [-0.15, -0.1) is 0 Å². The Bertz CT molecular complexity index is 586. The summed E-state index contributed by atoms with van der Waals surface area (Å²) in [6.45, 7) is 0. The first kappa shape index (κ1) is 15.9. The average Bonchev–Trinajstić information content (AvgIpc) is 2.45. The molecule has 2 aromatic rings. The maximum Gasteiger partial charge on any atom is 0.133 e. The average molecular weight is 419 g/mol. The molecule has 0 bridgehead atoms. The van der Waals surface area contributed by atoms with Crippen molar-refractivity contribution < 1.29 is 4.74 Å². The lowest BCUT2D eigenvalue weighted by molar-refractivity contribution is 0.412. The van der Waals surface area contributed by atoms with Crippen molar-refractivity contribution in [1.29, 1.82) is 0 Å². The second-order valence-corrected chi connectivity index (χ2v) is 6.52. The number of halogens is 3. The van der Waals surface area contributed by atoms with Gasteiger partial charge in [0, 0.05) is 10.4 Å². The van der Waals surface area contributed by atoms with E-state index >= 15 is 0 Å². The highest BCUT2D eigenvalue weighted by atomic mass is 79.9. The third-order valence-corrected chi connectivity index (χ3v) is 4.84. The highest BCUT2D eigenvalue weighted by molar-refractivity contribution is 9.10. The van der Waals surface area contributed by atoms with E-state index in [1.807, 2.05) is 24.3 Å². The topological polar surface area (TPSA) is 9.23 Å². The lowest BCUT2D eigenvalue weighted by Crippen LogP contribution is -2.04. The zero-order chi connectivity index (χ0) is 14.5. The van der Waals surface area contributed by atoms with Crippen molar-refractivity contribution in [2.24, 2.45) is 0 Å². The molecule has 4 heteroatoms. The molecule has 0 heterocycles. The molecule has 0 amide bonds. The van der Waals surface area contributed by atoms with Crippen LogP contribution in [0.25, 0.3) is 0 Å². The van der Waals surface area contributed by atoms with E-state index in [1.54, 1.807) is 7.11 Å². The van der Waals surface area contributed by atoms with E-state index in [4.69, 9.17) is 16.3 Å². The molecule has 0 saturated heterocycles. The molecule has 0 N–H and O–H groups in total. The largest absolute Gasteiger partial charge is 0.496 e. The fourth-order valence-electron chi connectivity index (χ4n) is 2.14. The first-order valence-corrected chi connectivity index (χ1v) is 8.57. The van der Waals surface area contributed by atoms with Crippen LogP contribution in [0.2, 0.25) is 5.02 Å². The predicted molar refractivity (Wildman–Crippen MR) is 92.4 cm³/mol. The highest BCUT2D eigenvalue weighted by Crippen LogP contribution is 2.30. The maximum atomic E-state index is 6.07. The van der Waals surface area contributed by atoms with Crippen LogP contribution in [0.4, 0.5) is 0 Å². The molecule has 0 aliphatic heterocycles. The molecule has 0 spiro atoms. The Morgan fingerprint density at radius 3 is 2.60 bits per heavy atom. The molecular formula is C16H15Br2ClO. The highest BCUT2D eigenvalue weighted by Gasteiger charge is 2.12. The van der Waals surface area contributed by atoms with Crippen LogP contribution in [0.3, 0.4) is 0 Å². The van der Waals surface area contributed by atoms with E-state index in [-0.39, 0.29) is 0 Å². The van der Waals surface area contributed by atoms with Crippen LogP contribution < -0.4 is 4.74 Å². The fraction of sp³-hybridized carbons (Fsp3) is 0.250. The van der Waals surface area contributed by atoms with Crippen LogP contribution in [0.5, 0.6) is 5.75 Å². The van der Waals surface area contributed by atoms with Gasteiger partial charge >= 0.3 is 0 Å². The zero-order valence-corrected chi connectivity index (χ0v) is 15.0. The lowest BCUT2D eigenvalue weighted by atomic mass is 9.94. The third kappa shape index (κ3) is 4.00. The summed E-state index contributed by atoms with van der Waals surface area (Å²) < 4.78 is 6.24. The molecule has 0 aromatic heterocycles. The molecule has 0 radical (unpaired) electrons. The normalized spacial score (nSPS) is 12.2. The monoisotopic (exact) mass is 416 g/mol. The van der Waals surface area contributed by atoms with Gasteiger partial charge in [0.2, 0.25) is 0 Å². The molecule has 2 rings (SSSR count). The molecule has 1 unspecified atom stereocenters. The van der Waals surface area contributed by atoms with Gasteiger partial charge in [-0.2, -0.15) is 0 Å². The van der Waals surface area contributed by atoms with Gasteiger partial charge in [0.15, 0.2) is 0 Å². The zero-order valence-electron chi connectivity index (χ0n) is 11.1. The minimum absolute atomic E-state index is 0.397. The second kappa shape index (κ2) is 7.48. The van der Waals surface area contributed by atoms with E-state index < -0.39 is 0 Å². The van der Waals surface area contributed by atoms with Gasteiger partial charge in [-0.1, -0.05) is 45.7 Å². The number of alkyl halides is 1. The Labute approximate surface area is 141 Å². The third-order valence-electron chi connectivity index (χ3n) is 3.20. The van der Waals surface area contributed by atoms with Crippen molar-refractivity contribution in [2.45, 2.75) is 12.3 Å². The quantitative estimate of drug-likeness (QED) is 0.555. The van der Waals surface area contributed by atoms with Crippen LogP contribution in [-0.4, -0.2) is 12.4 Å². The Morgan fingerprint density at radius 1 is 1.20 bits per heavy atom. The van der Waals surface area contributed by atoms with Crippen molar-refractivity contribution in [3.63, 3.8) is 0 Å². The Kier molecular flexibility index (Phi) is 5.94. The van der Waals surface area contributed by atoms with Gasteiger partial charge in [-0.05, 0) is 63.7 Å². The molecule has 0 fully saturated rings. The number of ether oxygens (including phenoxy) is 1. The van der Waals surface area contributed by atoms with Crippen molar-refractivity contribution in [3.05, 3.63) is 63.1 Å². The van der Waals surface area contributed by atoms with E-state index in [9.17, 15) is 0 Å². The predicted octanol–water partition coefficient (Wildman–Crippen LogP) is 5.83. The van der Waals surface area contributed by atoms with Crippen LogP contribution in [0, 0.1) is 0 Å². The minimum atomic E-state index is 0.397. The van der Waals surface area contributed by atoms with E-state index in [0.29, 0.717) is 5.92 Å². The summed E-state index contributed by atoms with van der Waals surface area (Å²) in [5.74, 6) is 1.25. The van der Waals surface area contributed by atoms with Crippen molar-refractivity contribution in [1.82, 2.24) is 0 Å². The molecule has 0 aliphatic carbocycles.